The summed E-state index contributed by atoms with van der Waals surface area (Å²) in [5.41, 5.74) is 1.72. The average Bonchev–Trinajstić information content (AvgIpc) is 3.69. The minimum Gasteiger partial charge on any atom is -0.491 e. The third-order valence-corrected chi connectivity index (χ3v) is 6.00. The van der Waals surface area contributed by atoms with E-state index in [1.54, 1.807) is 31.4 Å². The Morgan fingerprint density at radius 1 is 1.28 bits per heavy atom. The second-order valence-corrected chi connectivity index (χ2v) is 9.15. The first-order valence-electron chi connectivity index (χ1n) is 11.7. The van der Waals surface area contributed by atoms with E-state index in [1.165, 1.54) is 24.5 Å². The second kappa shape index (κ2) is 12.1. The molecule has 1 fully saturated rings. The number of hydrogen-bond donors (Lipinski definition) is 2. The van der Waals surface area contributed by atoms with E-state index in [9.17, 15) is 9.18 Å². The van der Waals surface area contributed by atoms with E-state index in [0.717, 1.165) is 19.4 Å². The molecule has 1 aliphatic carbocycles. The van der Waals surface area contributed by atoms with E-state index in [2.05, 4.69) is 20.6 Å². The fourth-order valence-corrected chi connectivity index (χ4v) is 3.64. The lowest BCUT2D eigenvalue weighted by Gasteiger charge is -2.15. The molecule has 2 N–H and O–H groups in total. The van der Waals surface area contributed by atoms with Crippen molar-refractivity contribution in [2.75, 3.05) is 51.1 Å². The van der Waals surface area contributed by atoms with Crippen LogP contribution in [0.15, 0.2) is 48.8 Å². The summed E-state index contributed by atoms with van der Waals surface area (Å²) in [5.74, 6) is 0.792. The molecule has 0 aliphatic heterocycles. The number of carbonyl (C=O) groups excluding carboxylic acids is 1. The highest BCUT2D eigenvalue weighted by Gasteiger charge is 2.23. The van der Waals surface area contributed by atoms with Crippen molar-refractivity contribution >= 4 is 45.6 Å². The number of nitrogens with one attached hydrogen (secondary N) is 2. The molecule has 4 rings (SSSR count). The van der Waals surface area contributed by atoms with Gasteiger partial charge in [0.25, 0.3) is 0 Å². The molecule has 3 aromatic rings. The first kappa shape index (κ1) is 25.8. The summed E-state index contributed by atoms with van der Waals surface area (Å²) in [6.45, 7) is 2.58. The van der Waals surface area contributed by atoms with Gasteiger partial charge in [-0.3, -0.25) is 4.79 Å². The van der Waals surface area contributed by atoms with Crippen molar-refractivity contribution in [3.8, 4) is 5.75 Å². The third-order valence-electron chi connectivity index (χ3n) is 5.71. The Hall–Kier alpha value is -3.27. The van der Waals surface area contributed by atoms with Gasteiger partial charge in [-0.15, -0.1) is 0 Å². The van der Waals surface area contributed by atoms with Gasteiger partial charge in [-0.1, -0.05) is 17.7 Å². The van der Waals surface area contributed by atoms with Crippen LogP contribution in [0.2, 0.25) is 5.02 Å². The first-order chi connectivity index (χ1) is 17.4. The quantitative estimate of drug-likeness (QED) is 0.328. The molecule has 8 nitrogen and oxygen atoms in total. The van der Waals surface area contributed by atoms with Gasteiger partial charge < -0.3 is 25.0 Å². The normalized spacial score (nSPS) is 13.5. The maximum Gasteiger partial charge on any atom is 0.248 e. The number of fused-ring (bicyclic) bond motifs is 1. The predicted molar refractivity (Wildman–Crippen MR) is 140 cm³/mol. The van der Waals surface area contributed by atoms with Gasteiger partial charge in [-0.05, 0) is 50.1 Å². The standard InChI is InChI=1S/C26H29ClFN5O3/c1-33(10-11-35-2)9-3-4-25(34)32-23-13-19-22(14-24(23)36-15-17-5-6-17)29-16-30-26(19)31-18-7-8-21(28)20(27)12-18/h3-4,7-8,12-14,16-17H,5-6,9-11,15H2,1-2H3,(H,32,34)(H,29,30,31)/b4-3+. The van der Waals surface area contributed by atoms with Crippen LogP contribution in [0.1, 0.15) is 12.8 Å². The molecule has 1 aliphatic rings. The highest BCUT2D eigenvalue weighted by Crippen LogP contribution is 2.36. The van der Waals surface area contributed by atoms with Crippen molar-refractivity contribution in [3.63, 3.8) is 0 Å². The molecule has 0 spiro atoms. The highest BCUT2D eigenvalue weighted by atomic mass is 35.5. The molecule has 2 aromatic carbocycles. The lowest BCUT2D eigenvalue weighted by atomic mass is 10.1. The number of aromatic nitrogens is 2. The number of rotatable bonds is 12. The van der Waals surface area contributed by atoms with Gasteiger partial charge in [-0.25, -0.2) is 14.4 Å². The van der Waals surface area contributed by atoms with Gasteiger partial charge in [0.2, 0.25) is 5.91 Å². The Morgan fingerprint density at radius 3 is 2.86 bits per heavy atom. The van der Waals surface area contributed by atoms with Crippen LogP contribution >= 0.6 is 11.6 Å². The fourth-order valence-electron chi connectivity index (χ4n) is 3.46. The van der Waals surface area contributed by atoms with Crippen molar-refractivity contribution in [1.29, 1.82) is 0 Å². The number of carbonyl (C=O) groups is 1. The van der Waals surface area contributed by atoms with Gasteiger partial charge in [-0.2, -0.15) is 0 Å². The maximum absolute atomic E-state index is 13.6. The Bertz CT molecular complexity index is 1250. The Kier molecular flexibility index (Phi) is 8.69. The number of amides is 1. The SMILES string of the molecule is COCCN(C)C/C=C/C(=O)Nc1cc2c(Nc3ccc(F)c(Cl)c3)ncnc2cc1OCC1CC1. The van der Waals surface area contributed by atoms with Crippen LogP contribution in [0, 0.1) is 11.7 Å². The lowest BCUT2D eigenvalue weighted by Crippen LogP contribution is -2.23. The predicted octanol–water partition coefficient (Wildman–Crippen LogP) is 5.03. The Morgan fingerprint density at radius 2 is 2.11 bits per heavy atom. The molecule has 0 atom stereocenters. The first-order valence-corrected chi connectivity index (χ1v) is 12.1. The summed E-state index contributed by atoms with van der Waals surface area (Å²) in [7, 11) is 3.61. The minimum absolute atomic E-state index is 0.00160. The van der Waals surface area contributed by atoms with Crippen LogP contribution in [0.4, 0.5) is 21.6 Å². The summed E-state index contributed by atoms with van der Waals surface area (Å²) in [4.78, 5) is 23.5. The number of ether oxygens (including phenoxy) is 2. The molecule has 190 valence electrons. The summed E-state index contributed by atoms with van der Waals surface area (Å²) >= 11 is 5.93. The van der Waals surface area contributed by atoms with E-state index in [1.807, 2.05) is 11.9 Å². The molecule has 1 aromatic heterocycles. The van der Waals surface area contributed by atoms with E-state index in [-0.39, 0.29) is 10.9 Å². The Balaban J connectivity index is 1.57. The number of hydrogen-bond acceptors (Lipinski definition) is 7. The van der Waals surface area contributed by atoms with Crippen molar-refractivity contribution in [3.05, 3.63) is 59.7 Å². The van der Waals surface area contributed by atoms with Gasteiger partial charge in [0, 0.05) is 43.4 Å². The summed E-state index contributed by atoms with van der Waals surface area (Å²) in [6.07, 6.45) is 7.02. The number of methoxy groups -OCH3 is 1. The molecule has 0 unspecified atom stereocenters. The average molecular weight is 514 g/mol. The topological polar surface area (TPSA) is 88.6 Å². The van der Waals surface area contributed by atoms with E-state index in [0.29, 0.717) is 59.5 Å². The molecular weight excluding hydrogens is 485 g/mol. The van der Waals surface area contributed by atoms with E-state index < -0.39 is 5.82 Å². The highest BCUT2D eigenvalue weighted by molar-refractivity contribution is 6.31. The molecule has 10 heteroatoms. The molecule has 0 saturated heterocycles. The number of likely N-dealkylation sites (N-methyl/N-ethyl adjacent to an activating group) is 1. The lowest BCUT2D eigenvalue weighted by molar-refractivity contribution is -0.111. The van der Waals surface area contributed by atoms with Crippen LogP contribution in [0.5, 0.6) is 5.75 Å². The van der Waals surface area contributed by atoms with Gasteiger partial charge in [0.05, 0.1) is 29.4 Å². The molecule has 36 heavy (non-hydrogen) atoms. The number of benzene rings is 2. The zero-order chi connectivity index (χ0) is 25.5. The molecule has 1 amide bonds. The van der Waals surface area contributed by atoms with Crippen LogP contribution < -0.4 is 15.4 Å². The van der Waals surface area contributed by atoms with Crippen LogP contribution in [-0.2, 0) is 9.53 Å². The minimum atomic E-state index is -0.504. The van der Waals surface area contributed by atoms with Crippen LogP contribution in [-0.4, -0.2) is 61.2 Å². The van der Waals surface area contributed by atoms with Gasteiger partial charge >= 0.3 is 0 Å². The molecule has 0 radical (unpaired) electrons. The zero-order valence-corrected chi connectivity index (χ0v) is 21.0. The smallest absolute Gasteiger partial charge is 0.248 e. The largest absolute Gasteiger partial charge is 0.491 e. The number of halogens is 2. The van der Waals surface area contributed by atoms with Crippen LogP contribution in [0.3, 0.4) is 0 Å². The number of anilines is 3. The zero-order valence-electron chi connectivity index (χ0n) is 20.3. The van der Waals surface area contributed by atoms with Crippen molar-refractivity contribution < 1.29 is 18.7 Å². The maximum atomic E-state index is 13.6. The van der Waals surface area contributed by atoms with Crippen molar-refractivity contribution in [2.45, 2.75) is 12.8 Å². The monoisotopic (exact) mass is 513 g/mol. The fraction of sp³-hybridized carbons (Fsp3) is 0.346. The third kappa shape index (κ3) is 7.13. The molecule has 1 heterocycles. The summed E-state index contributed by atoms with van der Waals surface area (Å²) < 4.78 is 24.7. The summed E-state index contributed by atoms with van der Waals surface area (Å²) in [6, 6.07) is 7.90. The second-order valence-electron chi connectivity index (χ2n) is 8.74. The number of nitrogens with zero attached hydrogens (tertiary/aromatic N) is 3. The van der Waals surface area contributed by atoms with Crippen LogP contribution in [0.25, 0.3) is 10.9 Å². The summed E-state index contributed by atoms with van der Waals surface area (Å²) in [5, 5.41) is 6.74. The van der Waals surface area contributed by atoms with Crippen molar-refractivity contribution in [1.82, 2.24) is 14.9 Å². The van der Waals surface area contributed by atoms with Crippen molar-refractivity contribution in [2.24, 2.45) is 5.92 Å². The Labute approximate surface area is 214 Å². The van der Waals surface area contributed by atoms with E-state index in [4.69, 9.17) is 21.1 Å². The van der Waals surface area contributed by atoms with E-state index >= 15 is 0 Å². The molecule has 0 bridgehead atoms. The van der Waals surface area contributed by atoms with Gasteiger partial charge in [0.15, 0.2) is 0 Å². The molecule has 1 saturated carbocycles. The van der Waals surface area contributed by atoms with Gasteiger partial charge in [0.1, 0.15) is 23.7 Å². The molecular formula is C26H29ClFN5O3.